The van der Waals surface area contributed by atoms with Crippen molar-refractivity contribution in [3.05, 3.63) is 106 Å². The fraction of sp³-hybridized carbons (Fsp3) is 0.214. The van der Waals surface area contributed by atoms with Gasteiger partial charge >= 0.3 is 0 Å². The average molecular weight is 469 g/mol. The fourth-order valence-electron chi connectivity index (χ4n) is 4.69. The van der Waals surface area contributed by atoms with E-state index in [0.29, 0.717) is 24.5 Å². The average Bonchev–Trinajstić information content (AvgIpc) is 2.90. The normalized spacial score (nSPS) is 14.2. The summed E-state index contributed by atoms with van der Waals surface area (Å²) in [4.78, 5) is 15.8. The van der Waals surface area contributed by atoms with Crippen LogP contribution in [0.3, 0.4) is 0 Å². The molecule has 1 heterocycles. The van der Waals surface area contributed by atoms with Crippen LogP contribution in [0.15, 0.2) is 84.9 Å². The van der Waals surface area contributed by atoms with E-state index in [1.54, 1.807) is 12.1 Å². The molecule has 1 saturated heterocycles. The van der Waals surface area contributed by atoms with E-state index in [9.17, 15) is 15.2 Å². The van der Waals surface area contributed by atoms with Gasteiger partial charge in [-0.15, -0.1) is 0 Å². The molecule has 2 N–H and O–H groups in total. The fourth-order valence-corrected chi connectivity index (χ4v) is 4.69. The molecule has 0 amide bonds. The quantitative estimate of drug-likeness (QED) is 0.280. The van der Waals surface area contributed by atoms with Crippen molar-refractivity contribution in [2.24, 2.45) is 0 Å². The Bertz CT molecular complexity index is 1330. The highest BCUT2D eigenvalue weighted by molar-refractivity contribution is 5.87. The Hall–Kier alpha value is -4.10. The number of nitro groups is 1. The maximum atomic E-state index is 11.6. The molecular formula is C28H28N4O3. The highest BCUT2D eigenvalue weighted by Gasteiger charge is 2.22. The SMILES string of the molecule is O=[N+]([O-])c1ccc(N2CCN(Cc3c(O)ccc4ccccc34)CC2)cc1NCc1ccccc1. The van der Waals surface area contributed by atoms with Crippen LogP contribution in [0.5, 0.6) is 5.75 Å². The van der Waals surface area contributed by atoms with Crippen molar-refractivity contribution < 1.29 is 10.0 Å². The minimum absolute atomic E-state index is 0.0785. The van der Waals surface area contributed by atoms with Gasteiger partial charge in [0, 0.05) is 56.6 Å². The smallest absolute Gasteiger partial charge is 0.292 e. The Morgan fingerprint density at radius 3 is 2.40 bits per heavy atom. The van der Waals surface area contributed by atoms with Gasteiger partial charge in [-0.3, -0.25) is 15.0 Å². The van der Waals surface area contributed by atoms with Gasteiger partial charge in [-0.25, -0.2) is 0 Å². The first kappa shape index (κ1) is 22.7. The zero-order chi connectivity index (χ0) is 24.2. The predicted molar refractivity (Wildman–Crippen MR) is 140 cm³/mol. The van der Waals surface area contributed by atoms with E-state index in [-0.39, 0.29) is 10.6 Å². The number of phenols is 1. The second-order valence-electron chi connectivity index (χ2n) is 8.85. The molecule has 4 aromatic rings. The number of rotatable bonds is 7. The number of benzene rings is 4. The molecule has 1 aliphatic rings. The largest absolute Gasteiger partial charge is 0.508 e. The van der Waals surface area contributed by atoms with Crippen LogP contribution in [0.1, 0.15) is 11.1 Å². The van der Waals surface area contributed by atoms with Crippen LogP contribution < -0.4 is 10.2 Å². The number of nitro benzene ring substituents is 1. The third-order valence-corrected chi connectivity index (χ3v) is 6.64. The second kappa shape index (κ2) is 10.0. The monoisotopic (exact) mass is 468 g/mol. The number of hydrogen-bond acceptors (Lipinski definition) is 6. The van der Waals surface area contributed by atoms with Gasteiger partial charge in [0.2, 0.25) is 0 Å². The molecule has 5 rings (SSSR count). The summed E-state index contributed by atoms with van der Waals surface area (Å²) in [5.41, 5.74) is 3.60. The molecule has 35 heavy (non-hydrogen) atoms. The van der Waals surface area contributed by atoms with Crippen molar-refractivity contribution in [1.29, 1.82) is 0 Å². The van der Waals surface area contributed by atoms with E-state index in [2.05, 4.69) is 27.2 Å². The van der Waals surface area contributed by atoms with Crippen molar-refractivity contribution in [2.45, 2.75) is 13.1 Å². The van der Waals surface area contributed by atoms with Crippen molar-refractivity contribution in [1.82, 2.24) is 4.90 Å². The molecule has 4 aromatic carbocycles. The van der Waals surface area contributed by atoms with Crippen LogP contribution in [0.25, 0.3) is 10.8 Å². The second-order valence-corrected chi connectivity index (χ2v) is 8.85. The third kappa shape index (κ3) is 5.05. The van der Waals surface area contributed by atoms with Crippen molar-refractivity contribution in [3.8, 4) is 5.75 Å². The molecule has 0 bridgehead atoms. The van der Waals surface area contributed by atoms with Gasteiger partial charge in [0.25, 0.3) is 5.69 Å². The van der Waals surface area contributed by atoms with E-state index in [0.717, 1.165) is 53.8 Å². The molecule has 0 spiro atoms. The number of hydrogen-bond donors (Lipinski definition) is 2. The third-order valence-electron chi connectivity index (χ3n) is 6.64. The lowest BCUT2D eigenvalue weighted by atomic mass is 10.0. The van der Waals surface area contributed by atoms with Crippen LogP contribution in [-0.4, -0.2) is 41.1 Å². The first-order chi connectivity index (χ1) is 17.1. The summed E-state index contributed by atoms with van der Waals surface area (Å²) in [7, 11) is 0. The zero-order valence-corrected chi connectivity index (χ0v) is 19.4. The molecule has 0 atom stereocenters. The zero-order valence-electron chi connectivity index (χ0n) is 19.4. The van der Waals surface area contributed by atoms with Gasteiger partial charge in [-0.05, 0) is 34.5 Å². The molecular weight excluding hydrogens is 440 g/mol. The highest BCUT2D eigenvalue weighted by Crippen LogP contribution is 2.32. The molecule has 178 valence electrons. The Kier molecular flexibility index (Phi) is 6.50. The van der Waals surface area contributed by atoms with E-state index in [1.165, 1.54) is 0 Å². The Morgan fingerprint density at radius 1 is 0.886 bits per heavy atom. The molecule has 0 aromatic heterocycles. The minimum atomic E-state index is -0.342. The summed E-state index contributed by atoms with van der Waals surface area (Å²) in [6.45, 7) is 4.50. The number of phenolic OH excluding ortho intramolecular Hbond substituents is 1. The molecule has 7 nitrogen and oxygen atoms in total. The number of nitrogens with zero attached hydrogens (tertiary/aromatic N) is 3. The first-order valence-electron chi connectivity index (χ1n) is 11.8. The number of fused-ring (bicyclic) bond motifs is 1. The highest BCUT2D eigenvalue weighted by atomic mass is 16.6. The van der Waals surface area contributed by atoms with Crippen LogP contribution >= 0.6 is 0 Å². The lowest BCUT2D eigenvalue weighted by molar-refractivity contribution is -0.384. The lowest BCUT2D eigenvalue weighted by Crippen LogP contribution is -2.46. The Morgan fingerprint density at radius 2 is 1.63 bits per heavy atom. The van der Waals surface area contributed by atoms with Gasteiger partial charge in [-0.1, -0.05) is 60.7 Å². The van der Waals surface area contributed by atoms with Crippen molar-refractivity contribution >= 4 is 27.8 Å². The van der Waals surface area contributed by atoms with Crippen LogP contribution in [0.4, 0.5) is 17.1 Å². The molecule has 0 radical (unpaired) electrons. The predicted octanol–water partition coefficient (Wildman–Crippen LogP) is 5.39. The topological polar surface area (TPSA) is 81.9 Å². The maximum Gasteiger partial charge on any atom is 0.292 e. The van der Waals surface area contributed by atoms with Gasteiger partial charge in [-0.2, -0.15) is 0 Å². The number of piperazine rings is 1. The summed E-state index contributed by atoms with van der Waals surface area (Å²) in [5, 5.41) is 27.5. The van der Waals surface area contributed by atoms with Crippen LogP contribution in [-0.2, 0) is 13.1 Å². The van der Waals surface area contributed by atoms with E-state index >= 15 is 0 Å². The summed E-state index contributed by atoms with van der Waals surface area (Å²) in [5.74, 6) is 0.329. The number of anilines is 2. The Labute approximate surface area is 204 Å². The summed E-state index contributed by atoms with van der Waals surface area (Å²) in [6, 6.07) is 27.0. The van der Waals surface area contributed by atoms with Gasteiger partial charge in [0.15, 0.2) is 0 Å². The van der Waals surface area contributed by atoms with Crippen molar-refractivity contribution in [2.75, 3.05) is 36.4 Å². The van der Waals surface area contributed by atoms with Gasteiger partial charge < -0.3 is 15.3 Å². The first-order valence-corrected chi connectivity index (χ1v) is 11.8. The summed E-state index contributed by atoms with van der Waals surface area (Å²) < 4.78 is 0. The molecule has 0 unspecified atom stereocenters. The minimum Gasteiger partial charge on any atom is -0.508 e. The standard InChI is InChI=1S/C28H28N4O3/c33-28-13-10-22-8-4-5-9-24(22)25(28)20-30-14-16-31(17-15-30)23-11-12-27(32(34)35)26(18-23)29-19-21-6-2-1-3-7-21/h1-13,18,29,33H,14-17,19-20H2. The van der Waals surface area contributed by atoms with Gasteiger partial charge in [0.1, 0.15) is 11.4 Å². The molecule has 7 heteroatoms. The molecule has 1 fully saturated rings. The maximum absolute atomic E-state index is 11.6. The molecule has 0 saturated carbocycles. The number of aromatic hydroxyl groups is 1. The Balaban J connectivity index is 1.28. The number of nitrogens with one attached hydrogen (secondary N) is 1. The van der Waals surface area contributed by atoms with Crippen LogP contribution in [0, 0.1) is 10.1 Å². The van der Waals surface area contributed by atoms with Crippen molar-refractivity contribution in [3.63, 3.8) is 0 Å². The summed E-state index contributed by atoms with van der Waals surface area (Å²) in [6.07, 6.45) is 0. The van der Waals surface area contributed by atoms with E-state index in [1.807, 2.05) is 60.7 Å². The van der Waals surface area contributed by atoms with Gasteiger partial charge in [0.05, 0.1) is 4.92 Å². The molecule has 1 aliphatic heterocycles. The van der Waals surface area contributed by atoms with Crippen LogP contribution in [0.2, 0.25) is 0 Å². The summed E-state index contributed by atoms with van der Waals surface area (Å²) >= 11 is 0. The van der Waals surface area contributed by atoms with E-state index in [4.69, 9.17) is 0 Å². The lowest BCUT2D eigenvalue weighted by Gasteiger charge is -2.36. The molecule has 0 aliphatic carbocycles. The van der Waals surface area contributed by atoms with E-state index < -0.39 is 0 Å².